The van der Waals surface area contributed by atoms with Gasteiger partial charge in [0, 0.05) is 16.7 Å². The molecular formula is C27H27NO6. The van der Waals surface area contributed by atoms with Crippen LogP contribution in [0.4, 0.5) is 10.5 Å². The van der Waals surface area contributed by atoms with Crippen molar-refractivity contribution in [3.8, 4) is 0 Å². The van der Waals surface area contributed by atoms with Gasteiger partial charge >= 0.3 is 12.1 Å². The largest absolute Gasteiger partial charge is 0.459 e. The highest BCUT2D eigenvalue weighted by Crippen LogP contribution is 2.46. The molecule has 1 heterocycles. The number of fused-ring (bicyclic) bond motifs is 2. The third-order valence-electron chi connectivity index (χ3n) is 5.35. The molecule has 176 valence electrons. The first-order valence-corrected chi connectivity index (χ1v) is 11.1. The molecule has 0 aromatic heterocycles. The Labute approximate surface area is 198 Å². The van der Waals surface area contributed by atoms with E-state index in [2.05, 4.69) is 0 Å². The maximum Gasteiger partial charge on any atom is 0.419 e. The minimum atomic E-state index is -1.15. The van der Waals surface area contributed by atoms with Gasteiger partial charge in [-0.25, -0.2) is 9.69 Å². The lowest BCUT2D eigenvalue weighted by Gasteiger charge is -2.27. The third kappa shape index (κ3) is 4.02. The van der Waals surface area contributed by atoms with E-state index in [0.29, 0.717) is 16.8 Å². The van der Waals surface area contributed by atoms with Gasteiger partial charge in [0.15, 0.2) is 5.78 Å². The molecule has 1 atom stereocenters. The Morgan fingerprint density at radius 3 is 1.94 bits per heavy atom. The molecule has 1 aliphatic carbocycles. The molecule has 0 spiro atoms. The van der Waals surface area contributed by atoms with Crippen molar-refractivity contribution in [2.45, 2.75) is 58.7 Å². The fraction of sp³-hybridized carbons (Fsp3) is 0.333. The Morgan fingerprint density at radius 1 is 0.765 bits per heavy atom. The zero-order chi connectivity index (χ0) is 25.0. The van der Waals surface area contributed by atoms with Crippen molar-refractivity contribution in [1.29, 1.82) is 0 Å². The number of benzene rings is 2. The van der Waals surface area contributed by atoms with E-state index in [1.54, 1.807) is 90.1 Å². The van der Waals surface area contributed by atoms with Gasteiger partial charge in [0.1, 0.15) is 22.8 Å². The number of para-hydroxylation sites is 1. The van der Waals surface area contributed by atoms with E-state index in [0.717, 1.165) is 4.90 Å². The molecule has 0 saturated heterocycles. The second-order valence-corrected chi connectivity index (χ2v) is 10.3. The van der Waals surface area contributed by atoms with Crippen molar-refractivity contribution < 1.29 is 28.7 Å². The molecule has 2 aliphatic rings. The van der Waals surface area contributed by atoms with Gasteiger partial charge in [-0.2, -0.15) is 0 Å². The Kier molecular flexibility index (Phi) is 5.47. The first-order valence-electron chi connectivity index (χ1n) is 11.1. The summed E-state index contributed by atoms with van der Waals surface area (Å²) in [4.78, 5) is 55.0. The van der Waals surface area contributed by atoms with Crippen LogP contribution >= 0.6 is 0 Å². The topological polar surface area (TPSA) is 90.0 Å². The maximum atomic E-state index is 13.6. The average Bonchev–Trinajstić information content (AvgIpc) is 3.17. The summed E-state index contributed by atoms with van der Waals surface area (Å²) in [6, 6.07) is 13.2. The van der Waals surface area contributed by atoms with Gasteiger partial charge in [-0.1, -0.05) is 36.4 Å². The summed E-state index contributed by atoms with van der Waals surface area (Å²) in [5, 5.41) is 0. The molecule has 7 heteroatoms. The number of rotatable bonds is 1. The molecule has 1 aliphatic heterocycles. The number of Topliss-reactive ketones (excluding diaryl/α,β-unsaturated/α-hetero) is 2. The summed E-state index contributed by atoms with van der Waals surface area (Å²) in [6.45, 7) is 10.3. The number of hydrogen-bond donors (Lipinski definition) is 0. The molecule has 0 fully saturated rings. The van der Waals surface area contributed by atoms with Gasteiger partial charge in [-0.15, -0.1) is 0 Å². The fourth-order valence-electron chi connectivity index (χ4n) is 4.19. The minimum absolute atomic E-state index is 0.0810. The number of carbonyl (C=O) groups excluding carboxylic acids is 4. The van der Waals surface area contributed by atoms with Crippen molar-refractivity contribution in [2.75, 3.05) is 4.90 Å². The molecule has 0 saturated carbocycles. The number of ether oxygens (including phenoxy) is 2. The van der Waals surface area contributed by atoms with E-state index in [4.69, 9.17) is 9.47 Å². The van der Waals surface area contributed by atoms with Crippen LogP contribution in [0.3, 0.4) is 0 Å². The van der Waals surface area contributed by atoms with Crippen LogP contribution in [0.25, 0.3) is 0 Å². The van der Waals surface area contributed by atoms with Crippen molar-refractivity contribution in [3.05, 3.63) is 76.5 Å². The van der Waals surface area contributed by atoms with Crippen molar-refractivity contribution >= 4 is 29.3 Å². The molecule has 4 rings (SSSR count). The van der Waals surface area contributed by atoms with Crippen LogP contribution in [-0.2, 0) is 14.3 Å². The molecule has 0 bridgehead atoms. The molecule has 34 heavy (non-hydrogen) atoms. The molecule has 0 radical (unpaired) electrons. The van der Waals surface area contributed by atoms with Gasteiger partial charge in [-0.05, 0) is 59.2 Å². The van der Waals surface area contributed by atoms with Gasteiger partial charge in [0.25, 0.3) is 0 Å². The summed E-state index contributed by atoms with van der Waals surface area (Å²) in [7, 11) is 0. The maximum absolute atomic E-state index is 13.6. The van der Waals surface area contributed by atoms with E-state index in [9.17, 15) is 19.2 Å². The highest BCUT2D eigenvalue weighted by atomic mass is 16.6. The Hall–Kier alpha value is -3.74. The first-order chi connectivity index (χ1) is 15.8. The lowest BCUT2D eigenvalue weighted by Crippen LogP contribution is -2.37. The monoisotopic (exact) mass is 461 g/mol. The summed E-state index contributed by atoms with van der Waals surface area (Å²) in [6.07, 6.45) is -0.806. The van der Waals surface area contributed by atoms with Crippen molar-refractivity contribution in [2.24, 2.45) is 0 Å². The number of allylic oxidation sites excluding steroid dienone is 1. The van der Waals surface area contributed by atoms with E-state index < -0.39 is 40.7 Å². The molecule has 1 unspecified atom stereocenters. The van der Waals surface area contributed by atoms with Crippen molar-refractivity contribution in [3.63, 3.8) is 0 Å². The SMILES string of the molecule is CC(C)(C)OC(=O)C1C(=C2C(=O)c3ccccc3N2C(=O)OC(C)(C)C)C(=O)c2ccccc21. The second kappa shape index (κ2) is 7.94. The van der Waals surface area contributed by atoms with Gasteiger partial charge in [0.05, 0.1) is 5.69 Å². The van der Waals surface area contributed by atoms with Crippen LogP contribution in [0.5, 0.6) is 0 Å². The zero-order valence-electron chi connectivity index (χ0n) is 20.1. The number of nitrogens with zero attached hydrogens (tertiary/aromatic N) is 1. The predicted octanol–water partition coefficient (Wildman–Crippen LogP) is 5.20. The molecule has 7 nitrogen and oxygen atoms in total. The van der Waals surface area contributed by atoms with Crippen LogP contribution in [0.1, 0.15) is 73.7 Å². The van der Waals surface area contributed by atoms with Gasteiger partial charge in [-0.3, -0.25) is 14.4 Å². The fourth-order valence-corrected chi connectivity index (χ4v) is 4.19. The lowest BCUT2D eigenvalue weighted by molar-refractivity contribution is -0.155. The number of carbonyl (C=O) groups is 4. The zero-order valence-corrected chi connectivity index (χ0v) is 20.1. The summed E-state index contributed by atoms with van der Waals surface area (Å²) < 4.78 is 11.2. The van der Waals surface area contributed by atoms with E-state index in [-0.39, 0.29) is 16.8 Å². The van der Waals surface area contributed by atoms with Crippen LogP contribution in [-0.4, -0.2) is 34.8 Å². The second-order valence-electron chi connectivity index (χ2n) is 10.3. The standard InChI is InChI=1S/C27H27NO6/c1-26(2,3)33-24(31)19-15-11-7-8-12-16(15)22(29)20(19)21-23(30)17-13-9-10-14-18(17)28(21)25(32)34-27(4,5)6/h7-14,19H,1-6H3. The number of anilines is 1. The Bertz CT molecular complexity index is 1160. The molecule has 0 N–H and O–H groups in total. The first kappa shape index (κ1) is 23.4. The van der Waals surface area contributed by atoms with Crippen LogP contribution in [0, 0.1) is 0 Å². The van der Waals surface area contributed by atoms with Crippen molar-refractivity contribution in [1.82, 2.24) is 0 Å². The Morgan fingerprint density at radius 2 is 1.32 bits per heavy atom. The smallest absolute Gasteiger partial charge is 0.419 e. The lowest BCUT2D eigenvalue weighted by atomic mass is 9.94. The number of amides is 1. The predicted molar refractivity (Wildman–Crippen MR) is 126 cm³/mol. The number of hydrogen-bond acceptors (Lipinski definition) is 6. The minimum Gasteiger partial charge on any atom is -0.459 e. The summed E-state index contributed by atoms with van der Waals surface area (Å²) >= 11 is 0. The highest BCUT2D eigenvalue weighted by molar-refractivity contribution is 6.31. The van der Waals surface area contributed by atoms with Gasteiger partial charge < -0.3 is 9.47 Å². The van der Waals surface area contributed by atoms with E-state index in [1.165, 1.54) is 0 Å². The quantitative estimate of drug-likeness (QED) is 0.428. The number of ketones is 2. The van der Waals surface area contributed by atoms with E-state index >= 15 is 0 Å². The summed E-state index contributed by atoms with van der Waals surface area (Å²) in [5.74, 6) is -2.83. The average molecular weight is 462 g/mol. The van der Waals surface area contributed by atoms with Crippen LogP contribution in [0.2, 0.25) is 0 Å². The third-order valence-corrected chi connectivity index (χ3v) is 5.35. The van der Waals surface area contributed by atoms with Crippen LogP contribution < -0.4 is 4.90 Å². The molecule has 2 aromatic carbocycles. The molecular weight excluding hydrogens is 434 g/mol. The molecule has 2 aromatic rings. The Balaban J connectivity index is 1.97. The number of esters is 1. The highest BCUT2D eigenvalue weighted by Gasteiger charge is 2.49. The van der Waals surface area contributed by atoms with Crippen LogP contribution in [0.15, 0.2) is 59.8 Å². The van der Waals surface area contributed by atoms with E-state index in [1.807, 2.05) is 0 Å². The van der Waals surface area contributed by atoms with Gasteiger partial charge in [0.2, 0.25) is 5.78 Å². The summed E-state index contributed by atoms with van der Waals surface area (Å²) in [5.41, 5.74) is -0.624. The molecule has 1 amide bonds. The normalized spacial score (nSPS) is 19.7.